The molecule has 0 unspecified atom stereocenters. The topological polar surface area (TPSA) is 81.9 Å². The van der Waals surface area contributed by atoms with Gasteiger partial charge in [0.15, 0.2) is 0 Å². The van der Waals surface area contributed by atoms with Crippen molar-refractivity contribution in [2.75, 3.05) is 33.4 Å². The zero-order valence-corrected chi connectivity index (χ0v) is 22.3. The molecule has 1 N–H and O–H groups in total. The Morgan fingerprint density at radius 3 is 2.64 bits per heavy atom. The number of hydrogen-bond acceptors (Lipinski definition) is 7. The van der Waals surface area contributed by atoms with Crippen molar-refractivity contribution in [1.29, 1.82) is 0 Å². The third kappa shape index (κ3) is 6.20. The lowest BCUT2D eigenvalue weighted by Crippen LogP contribution is -2.55. The number of ether oxygens (including phenoxy) is 5. The van der Waals surface area contributed by atoms with E-state index in [1.54, 1.807) is 13.2 Å². The molecule has 2 saturated heterocycles. The standard InChI is InChI=1S/C29H41NO6/c1-6-30-17-18-33-22-11-8-21(9-12-22)10-14-25(31)35-23-15-16-29(19-34-29)27(26(23)32-5)28(4)24(36-28)13-7-20(2)3/h7-12,14,23-24,26-27,30H,6,13,15-19H2,1-5H3/b14-10+/t23-,24+,26-,27-,28-,29+/m1/s1. The summed E-state index contributed by atoms with van der Waals surface area (Å²) in [7, 11) is 1.69. The quantitative estimate of drug-likeness (QED) is 0.151. The second-order valence-electron chi connectivity index (χ2n) is 10.5. The molecule has 0 aromatic heterocycles. The van der Waals surface area contributed by atoms with E-state index in [-0.39, 0.29) is 41.4 Å². The Morgan fingerprint density at radius 1 is 1.25 bits per heavy atom. The largest absolute Gasteiger partial charge is 0.492 e. The summed E-state index contributed by atoms with van der Waals surface area (Å²) in [6.45, 7) is 11.5. The number of nitrogens with one attached hydrogen (secondary N) is 1. The van der Waals surface area contributed by atoms with Crippen LogP contribution in [0.15, 0.2) is 42.0 Å². The van der Waals surface area contributed by atoms with Crippen molar-refractivity contribution in [3.8, 4) is 5.75 Å². The summed E-state index contributed by atoms with van der Waals surface area (Å²) >= 11 is 0. The van der Waals surface area contributed by atoms with E-state index in [2.05, 4.69) is 39.1 Å². The molecule has 1 aliphatic carbocycles. The van der Waals surface area contributed by atoms with E-state index in [0.29, 0.717) is 19.6 Å². The lowest BCUT2D eigenvalue weighted by atomic mass is 9.68. The highest BCUT2D eigenvalue weighted by molar-refractivity contribution is 5.87. The van der Waals surface area contributed by atoms with Gasteiger partial charge in [-0.2, -0.15) is 0 Å². The minimum atomic E-state index is -0.373. The number of hydrogen-bond donors (Lipinski definition) is 1. The molecule has 1 saturated carbocycles. The SMILES string of the molecule is CCNCCOc1ccc(/C=C/C(=O)O[C@@H]2CC[C@]3(CO3)[C@@H]([C@]3(C)O[C@H]3CC=C(C)C)[C@@H]2OC)cc1. The number of likely N-dealkylation sites (N-methyl/N-ethyl adjacent to an activating group) is 1. The van der Waals surface area contributed by atoms with Crippen molar-refractivity contribution in [3.63, 3.8) is 0 Å². The number of rotatable bonds is 12. The molecule has 36 heavy (non-hydrogen) atoms. The van der Waals surface area contributed by atoms with Crippen LogP contribution in [-0.2, 0) is 23.7 Å². The van der Waals surface area contributed by atoms with Gasteiger partial charge >= 0.3 is 5.97 Å². The highest BCUT2D eigenvalue weighted by Crippen LogP contribution is 2.59. The molecule has 0 bridgehead atoms. The molecule has 0 amide bonds. The number of carbonyl (C=O) groups excluding carboxylic acids is 1. The smallest absolute Gasteiger partial charge is 0.331 e. The van der Waals surface area contributed by atoms with E-state index in [1.807, 2.05) is 24.3 Å². The van der Waals surface area contributed by atoms with Crippen molar-refractivity contribution in [1.82, 2.24) is 5.32 Å². The normalized spacial score (nSPS) is 32.9. The predicted molar refractivity (Wildman–Crippen MR) is 139 cm³/mol. The van der Waals surface area contributed by atoms with Gasteiger partial charge in [0, 0.05) is 19.7 Å². The second kappa shape index (κ2) is 11.5. The molecule has 198 valence electrons. The van der Waals surface area contributed by atoms with Crippen LogP contribution in [0.2, 0.25) is 0 Å². The van der Waals surface area contributed by atoms with Gasteiger partial charge in [0.1, 0.15) is 35.8 Å². The van der Waals surface area contributed by atoms with Gasteiger partial charge < -0.3 is 29.0 Å². The van der Waals surface area contributed by atoms with Crippen LogP contribution in [-0.4, -0.2) is 68.9 Å². The first-order valence-corrected chi connectivity index (χ1v) is 13.1. The van der Waals surface area contributed by atoms with E-state index in [1.165, 1.54) is 11.6 Å². The van der Waals surface area contributed by atoms with E-state index < -0.39 is 0 Å². The Kier molecular flexibility index (Phi) is 8.56. The Labute approximate surface area is 215 Å². The third-order valence-electron chi connectivity index (χ3n) is 7.59. The average molecular weight is 500 g/mol. The number of methoxy groups -OCH3 is 1. The molecular weight excluding hydrogens is 458 g/mol. The van der Waals surface area contributed by atoms with Crippen molar-refractivity contribution in [2.24, 2.45) is 5.92 Å². The molecule has 0 radical (unpaired) electrons. The Bertz CT molecular complexity index is 949. The number of benzene rings is 1. The third-order valence-corrected chi connectivity index (χ3v) is 7.59. The summed E-state index contributed by atoms with van der Waals surface area (Å²) in [5, 5.41) is 3.22. The minimum absolute atomic E-state index is 0.0150. The highest BCUT2D eigenvalue weighted by Gasteiger charge is 2.72. The van der Waals surface area contributed by atoms with E-state index in [9.17, 15) is 4.79 Å². The molecule has 3 aliphatic rings. The van der Waals surface area contributed by atoms with Gasteiger partial charge in [-0.3, -0.25) is 0 Å². The highest BCUT2D eigenvalue weighted by atomic mass is 16.6. The zero-order chi connectivity index (χ0) is 25.8. The van der Waals surface area contributed by atoms with Crippen molar-refractivity contribution < 1.29 is 28.5 Å². The minimum Gasteiger partial charge on any atom is -0.492 e. The van der Waals surface area contributed by atoms with Crippen LogP contribution in [0.4, 0.5) is 0 Å². The van der Waals surface area contributed by atoms with Crippen LogP contribution in [0.1, 0.15) is 52.5 Å². The molecule has 1 spiro atoms. The van der Waals surface area contributed by atoms with Gasteiger partial charge in [-0.1, -0.05) is 30.7 Å². The molecular formula is C29H41NO6. The van der Waals surface area contributed by atoms with Crippen molar-refractivity contribution in [3.05, 3.63) is 47.6 Å². The Morgan fingerprint density at radius 2 is 2.00 bits per heavy atom. The maximum atomic E-state index is 12.7. The van der Waals surface area contributed by atoms with E-state index >= 15 is 0 Å². The van der Waals surface area contributed by atoms with Crippen molar-refractivity contribution >= 4 is 12.0 Å². The summed E-state index contributed by atoms with van der Waals surface area (Å²) in [4.78, 5) is 12.7. The van der Waals surface area contributed by atoms with Crippen LogP contribution in [0.25, 0.3) is 6.08 Å². The lowest BCUT2D eigenvalue weighted by molar-refractivity contribution is -0.166. The monoisotopic (exact) mass is 499 g/mol. The zero-order valence-electron chi connectivity index (χ0n) is 22.3. The molecule has 4 rings (SSSR count). The van der Waals surface area contributed by atoms with Crippen LogP contribution < -0.4 is 10.1 Å². The van der Waals surface area contributed by atoms with Gasteiger partial charge in [0.2, 0.25) is 0 Å². The summed E-state index contributed by atoms with van der Waals surface area (Å²) in [6, 6.07) is 7.65. The first kappa shape index (κ1) is 26.9. The van der Waals surface area contributed by atoms with E-state index in [4.69, 9.17) is 23.7 Å². The maximum absolute atomic E-state index is 12.7. The molecule has 1 aromatic rings. The molecule has 1 aromatic carbocycles. The van der Waals surface area contributed by atoms with Gasteiger partial charge in [-0.25, -0.2) is 4.79 Å². The maximum Gasteiger partial charge on any atom is 0.331 e. The number of carbonyl (C=O) groups is 1. The van der Waals surface area contributed by atoms with Crippen LogP contribution in [0.5, 0.6) is 5.75 Å². The number of esters is 1. The number of epoxide rings is 2. The fourth-order valence-corrected chi connectivity index (χ4v) is 5.52. The van der Waals surface area contributed by atoms with Crippen LogP contribution in [0.3, 0.4) is 0 Å². The number of allylic oxidation sites excluding steroid dienone is 1. The summed E-state index contributed by atoms with van der Waals surface area (Å²) in [5.41, 5.74) is 1.61. The van der Waals surface area contributed by atoms with Crippen LogP contribution >= 0.6 is 0 Å². The molecule has 6 atom stereocenters. The van der Waals surface area contributed by atoms with E-state index in [0.717, 1.165) is 37.2 Å². The fraction of sp³-hybridized carbons (Fsp3) is 0.621. The Balaban J connectivity index is 1.35. The van der Waals surface area contributed by atoms with Crippen molar-refractivity contribution in [2.45, 2.75) is 76.5 Å². The first-order valence-electron chi connectivity index (χ1n) is 13.1. The summed E-state index contributed by atoms with van der Waals surface area (Å²) < 4.78 is 29.8. The second-order valence-corrected chi connectivity index (χ2v) is 10.5. The summed E-state index contributed by atoms with van der Waals surface area (Å²) in [5.74, 6) is 0.447. The molecule has 7 heteroatoms. The molecule has 3 fully saturated rings. The predicted octanol–water partition coefficient (Wildman–Crippen LogP) is 4.31. The molecule has 7 nitrogen and oxygen atoms in total. The Hall–Kier alpha value is -2.19. The summed E-state index contributed by atoms with van der Waals surface area (Å²) in [6.07, 6.45) is 7.38. The molecule has 2 aliphatic heterocycles. The van der Waals surface area contributed by atoms with Gasteiger partial charge in [0.25, 0.3) is 0 Å². The van der Waals surface area contributed by atoms with Gasteiger partial charge in [0.05, 0.1) is 18.6 Å². The van der Waals surface area contributed by atoms with Gasteiger partial charge in [-0.05, 0) is 70.4 Å². The fourth-order valence-electron chi connectivity index (χ4n) is 5.52. The first-order chi connectivity index (χ1) is 17.3. The average Bonchev–Trinajstić information content (AvgIpc) is 3.78. The lowest BCUT2D eigenvalue weighted by Gasteiger charge is -2.42. The molecule has 2 heterocycles. The van der Waals surface area contributed by atoms with Crippen LogP contribution in [0, 0.1) is 5.92 Å². The van der Waals surface area contributed by atoms with Gasteiger partial charge in [-0.15, -0.1) is 0 Å².